The van der Waals surface area contributed by atoms with E-state index in [1.807, 2.05) is 33.8 Å². The first-order chi connectivity index (χ1) is 16.7. The van der Waals surface area contributed by atoms with Crippen molar-refractivity contribution < 1.29 is 38.7 Å². The SMILES string of the molecule is C[C@@H]1[C@@H]([C@H]2OC(=O)[C@@]3(C)O[C@@]23C)O[C@@]2(O)C[C@H]3[C@@H](C[C@H]4O[C@]45CC=CC(=O)[C@]35C)[C@@H]3CC[C@]1(O)[C@]32C. The van der Waals surface area contributed by atoms with Gasteiger partial charge in [-0.15, -0.1) is 0 Å². The molecule has 0 radical (unpaired) electrons. The van der Waals surface area contributed by atoms with Crippen LogP contribution < -0.4 is 0 Å². The number of cyclic esters (lactones) is 1. The first kappa shape index (κ1) is 22.6. The molecule has 1 spiro atoms. The van der Waals surface area contributed by atoms with Gasteiger partial charge < -0.3 is 29.2 Å². The molecule has 3 saturated carbocycles. The summed E-state index contributed by atoms with van der Waals surface area (Å²) in [4.78, 5) is 26.2. The molecule has 14 atom stereocenters. The zero-order valence-corrected chi connectivity index (χ0v) is 21.6. The third-order valence-electron chi connectivity index (χ3n) is 13.3. The fraction of sp³-hybridized carbons (Fsp3) is 0.857. The fourth-order valence-corrected chi connectivity index (χ4v) is 10.7. The van der Waals surface area contributed by atoms with E-state index < -0.39 is 57.2 Å². The lowest BCUT2D eigenvalue weighted by Crippen LogP contribution is -2.77. The van der Waals surface area contributed by atoms with E-state index in [9.17, 15) is 19.8 Å². The van der Waals surface area contributed by atoms with Gasteiger partial charge >= 0.3 is 5.97 Å². The van der Waals surface area contributed by atoms with Gasteiger partial charge in [-0.1, -0.05) is 19.9 Å². The minimum Gasteiger partial charge on any atom is -0.454 e. The Morgan fingerprint density at radius 1 is 1.06 bits per heavy atom. The summed E-state index contributed by atoms with van der Waals surface area (Å²) in [6, 6.07) is 0. The number of ether oxygens (including phenoxy) is 4. The smallest absolute Gasteiger partial charge is 0.341 e. The van der Waals surface area contributed by atoms with Gasteiger partial charge in [0.25, 0.3) is 0 Å². The summed E-state index contributed by atoms with van der Waals surface area (Å²) in [6.45, 7) is 9.53. The van der Waals surface area contributed by atoms with Gasteiger partial charge in [0.1, 0.15) is 17.3 Å². The summed E-state index contributed by atoms with van der Waals surface area (Å²) < 4.78 is 24.7. The maximum absolute atomic E-state index is 13.5. The van der Waals surface area contributed by atoms with Crippen molar-refractivity contribution in [1.82, 2.24) is 0 Å². The lowest BCUT2D eigenvalue weighted by Gasteiger charge is -2.68. The second kappa shape index (κ2) is 5.81. The number of epoxide rings is 2. The molecule has 0 unspecified atom stereocenters. The molecule has 4 saturated heterocycles. The monoisotopic (exact) mass is 500 g/mol. The molecule has 0 bridgehead atoms. The predicted octanol–water partition coefficient (Wildman–Crippen LogP) is 2.04. The van der Waals surface area contributed by atoms with Gasteiger partial charge in [0.2, 0.25) is 0 Å². The molecule has 0 aromatic rings. The van der Waals surface area contributed by atoms with E-state index in [2.05, 4.69) is 0 Å². The highest BCUT2D eigenvalue weighted by Crippen LogP contribution is 2.77. The van der Waals surface area contributed by atoms with Gasteiger partial charge in [-0.2, -0.15) is 0 Å². The zero-order chi connectivity index (χ0) is 25.5. The standard InChI is InChI=1S/C28H36O8/c1-13-19(20-24(4)25(5,36-24)21(30)33-20)35-28(32)12-16-14(15-8-10-26(13,31)23(15,28)3)11-18-27(34-18)9-6-7-17(29)22(16,27)2/h6-7,13-16,18-20,31-32H,8-12H2,1-5H3/t13-,14+,15+,16+,18-,19+,20-,22+,23+,24+,25-,26-,27-,28+/m1/s1. The molecule has 0 aromatic carbocycles. The van der Waals surface area contributed by atoms with Crippen LogP contribution >= 0.6 is 0 Å². The second-order valence-corrected chi connectivity index (χ2v) is 13.9. The first-order valence-electron chi connectivity index (χ1n) is 13.7. The van der Waals surface area contributed by atoms with Crippen molar-refractivity contribution in [3.63, 3.8) is 0 Å². The minimum absolute atomic E-state index is 0.0171. The molecule has 8 nitrogen and oxygen atoms in total. The number of aliphatic hydroxyl groups is 2. The van der Waals surface area contributed by atoms with Crippen molar-refractivity contribution in [3.8, 4) is 0 Å². The molecular formula is C28H36O8. The van der Waals surface area contributed by atoms with Gasteiger partial charge in [-0.25, -0.2) is 4.79 Å². The molecule has 2 N–H and O–H groups in total. The van der Waals surface area contributed by atoms with Gasteiger partial charge in [-0.05, 0) is 70.3 Å². The topological polar surface area (TPSA) is 118 Å². The summed E-state index contributed by atoms with van der Waals surface area (Å²) in [5, 5.41) is 25.0. The normalized spacial score (nSPS) is 67.7. The average Bonchev–Trinajstić information content (AvgIpc) is 3.61. The number of hydrogen-bond donors (Lipinski definition) is 2. The molecule has 4 heterocycles. The molecule has 0 amide bonds. The van der Waals surface area contributed by atoms with E-state index in [0.29, 0.717) is 12.8 Å². The lowest BCUT2D eigenvalue weighted by atomic mass is 9.42. The summed E-state index contributed by atoms with van der Waals surface area (Å²) in [6.07, 6.45) is 5.24. The Balaban J connectivity index is 1.25. The van der Waals surface area contributed by atoms with E-state index in [0.717, 1.165) is 12.8 Å². The highest BCUT2D eigenvalue weighted by atomic mass is 16.7. The lowest BCUT2D eigenvalue weighted by molar-refractivity contribution is -0.417. The Morgan fingerprint density at radius 3 is 2.47 bits per heavy atom. The van der Waals surface area contributed by atoms with E-state index in [-0.39, 0.29) is 42.0 Å². The highest BCUT2D eigenvalue weighted by molar-refractivity contribution is 5.97. The van der Waals surface area contributed by atoms with Crippen LogP contribution in [0.5, 0.6) is 0 Å². The quantitative estimate of drug-likeness (QED) is 0.415. The van der Waals surface area contributed by atoms with Crippen LogP contribution in [0.15, 0.2) is 12.2 Å². The Kier molecular flexibility index (Phi) is 3.65. The predicted molar refractivity (Wildman–Crippen MR) is 123 cm³/mol. The average molecular weight is 501 g/mol. The number of hydrogen-bond acceptors (Lipinski definition) is 8. The van der Waals surface area contributed by atoms with Crippen molar-refractivity contribution in [3.05, 3.63) is 12.2 Å². The van der Waals surface area contributed by atoms with Crippen molar-refractivity contribution in [1.29, 1.82) is 0 Å². The minimum atomic E-state index is -1.69. The molecule has 7 fully saturated rings. The molecule has 8 heteroatoms. The van der Waals surface area contributed by atoms with Crippen LogP contribution in [-0.2, 0) is 28.5 Å². The fourth-order valence-electron chi connectivity index (χ4n) is 10.7. The number of carbonyl (C=O) groups excluding carboxylic acids is 2. The summed E-state index contributed by atoms with van der Waals surface area (Å²) in [5.41, 5.74) is -5.28. The van der Waals surface area contributed by atoms with Gasteiger partial charge in [0.15, 0.2) is 23.3 Å². The van der Waals surface area contributed by atoms with Crippen LogP contribution in [-0.4, -0.2) is 68.5 Å². The maximum atomic E-state index is 13.5. The van der Waals surface area contributed by atoms with Gasteiger partial charge in [0.05, 0.1) is 22.5 Å². The first-order valence-corrected chi connectivity index (χ1v) is 13.7. The third-order valence-corrected chi connectivity index (χ3v) is 13.3. The van der Waals surface area contributed by atoms with Crippen LogP contribution in [0.25, 0.3) is 0 Å². The maximum Gasteiger partial charge on any atom is 0.341 e. The molecule has 8 aliphatic rings. The van der Waals surface area contributed by atoms with Crippen LogP contribution in [0.3, 0.4) is 0 Å². The molecule has 36 heavy (non-hydrogen) atoms. The van der Waals surface area contributed by atoms with E-state index in [1.165, 1.54) is 0 Å². The van der Waals surface area contributed by atoms with Crippen molar-refractivity contribution in [2.75, 3.05) is 0 Å². The molecular weight excluding hydrogens is 464 g/mol. The number of ketones is 1. The van der Waals surface area contributed by atoms with Crippen LogP contribution in [0, 0.1) is 34.5 Å². The van der Waals surface area contributed by atoms with E-state index in [4.69, 9.17) is 18.9 Å². The number of rotatable bonds is 1. The molecule has 4 aliphatic heterocycles. The molecule has 8 rings (SSSR count). The number of carbonyl (C=O) groups is 2. The Labute approximate surface area is 210 Å². The van der Waals surface area contributed by atoms with Crippen molar-refractivity contribution in [2.45, 2.75) is 113 Å². The Bertz CT molecular complexity index is 1170. The molecule has 0 aromatic heterocycles. The zero-order valence-electron chi connectivity index (χ0n) is 21.6. The Hall–Kier alpha value is -1.32. The largest absolute Gasteiger partial charge is 0.454 e. The van der Waals surface area contributed by atoms with Crippen molar-refractivity contribution >= 4 is 11.8 Å². The van der Waals surface area contributed by atoms with Crippen LogP contribution in [0.4, 0.5) is 0 Å². The summed E-state index contributed by atoms with van der Waals surface area (Å²) in [5.74, 6) is -2.45. The molecule has 196 valence electrons. The van der Waals surface area contributed by atoms with Gasteiger partial charge in [-0.3, -0.25) is 4.79 Å². The van der Waals surface area contributed by atoms with E-state index >= 15 is 0 Å². The third kappa shape index (κ3) is 1.92. The van der Waals surface area contributed by atoms with Crippen molar-refractivity contribution in [2.24, 2.45) is 34.5 Å². The molecule has 4 aliphatic carbocycles. The van der Waals surface area contributed by atoms with Crippen LogP contribution in [0.1, 0.15) is 66.7 Å². The van der Waals surface area contributed by atoms with Gasteiger partial charge in [0, 0.05) is 12.3 Å². The Morgan fingerprint density at radius 2 is 1.81 bits per heavy atom. The van der Waals surface area contributed by atoms with Crippen LogP contribution in [0.2, 0.25) is 0 Å². The highest BCUT2D eigenvalue weighted by Gasteiger charge is 2.86. The second-order valence-electron chi connectivity index (χ2n) is 13.9. The van der Waals surface area contributed by atoms with E-state index in [1.54, 1.807) is 13.0 Å². The number of esters is 1. The summed E-state index contributed by atoms with van der Waals surface area (Å²) >= 11 is 0. The number of fused-ring (bicyclic) bond motifs is 4. The number of allylic oxidation sites excluding steroid dienone is 1. The summed E-state index contributed by atoms with van der Waals surface area (Å²) in [7, 11) is 0.